The molecule has 0 saturated carbocycles. The van der Waals surface area contributed by atoms with Crippen molar-refractivity contribution < 1.29 is 4.79 Å². The Balaban J connectivity index is 1.32. The molecule has 30 heavy (non-hydrogen) atoms. The molecule has 0 spiro atoms. The van der Waals surface area contributed by atoms with Crippen molar-refractivity contribution in [2.24, 2.45) is 7.05 Å². The van der Waals surface area contributed by atoms with Crippen LogP contribution in [0.2, 0.25) is 0 Å². The van der Waals surface area contributed by atoms with Gasteiger partial charge in [0.1, 0.15) is 5.82 Å². The Morgan fingerprint density at radius 1 is 1.20 bits per heavy atom. The molecule has 6 nitrogen and oxygen atoms in total. The molecule has 152 valence electrons. The minimum atomic E-state index is -0.126. The molecule has 1 fully saturated rings. The summed E-state index contributed by atoms with van der Waals surface area (Å²) >= 11 is 0. The maximum Gasteiger partial charge on any atom is 0.241 e. The molecule has 1 unspecified atom stereocenters. The largest absolute Gasteiger partial charge is 0.355 e. The third-order valence-electron chi connectivity index (χ3n) is 5.90. The van der Waals surface area contributed by atoms with Crippen molar-refractivity contribution in [3.8, 4) is 11.3 Å². The lowest BCUT2D eigenvalue weighted by Crippen LogP contribution is -2.39. The molecule has 2 aromatic carbocycles. The van der Waals surface area contributed by atoms with Crippen LogP contribution in [0.15, 0.2) is 67.0 Å². The van der Waals surface area contributed by atoms with Gasteiger partial charge in [-0.1, -0.05) is 30.3 Å². The number of imidazole rings is 1. The van der Waals surface area contributed by atoms with Gasteiger partial charge in [-0.15, -0.1) is 0 Å². The number of aryl methyl sites for hydroxylation is 1. The lowest BCUT2D eigenvalue weighted by molar-refractivity contribution is -0.120. The Kier molecular flexibility index (Phi) is 4.85. The number of carbonyl (C=O) groups excluding carboxylic acids is 1. The van der Waals surface area contributed by atoms with Crippen molar-refractivity contribution in [2.75, 3.05) is 11.9 Å². The Labute approximate surface area is 175 Å². The van der Waals surface area contributed by atoms with Gasteiger partial charge in [0.2, 0.25) is 5.91 Å². The Morgan fingerprint density at radius 3 is 2.93 bits per heavy atom. The van der Waals surface area contributed by atoms with E-state index in [0.717, 1.165) is 47.7 Å². The summed E-state index contributed by atoms with van der Waals surface area (Å²) in [5.74, 6) is 1.03. The van der Waals surface area contributed by atoms with E-state index in [0.29, 0.717) is 6.54 Å². The molecular formula is C24H25N5O. The third-order valence-corrected chi connectivity index (χ3v) is 5.90. The minimum Gasteiger partial charge on any atom is -0.355 e. The van der Waals surface area contributed by atoms with Gasteiger partial charge in [-0.2, -0.15) is 0 Å². The number of hydrogen-bond donors (Lipinski definition) is 2. The number of aromatic nitrogens is 3. The van der Waals surface area contributed by atoms with E-state index in [1.54, 1.807) is 6.20 Å². The predicted molar refractivity (Wildman–Crippen MR) is 119 cm³/mol. The van der Waals surface area contributed by atoms with E-state index in [1.165, 1.54) is 5.39 Å². The fourth-order valence-electron chi connectivity index (χ4n) is 4.26. The van der Waals surface area contributed by atoms with Crippen molar-refractivity contribution in [1.82, 2.24) is 19.4 Å². The van der Waals surface area contributed by atoms with Crippen LogP contribution in [0.5, 0.6) is 0 Å². The van der Waals surface area contributed by atoms with E-state index >= 15 is 0 Å². The molecule has 2 aromatic heterocycles. The number of para-hydroxylation sites is 1. The molecule has 0 bridgehead atoms. The standard InChI is InChI=1S/C24H25N5O/c1-28-13-11-25-23(28)16-29-12-5-10-22(29)24(30)26-19-8-4-7-17(14-19)21-15-18-6-2-3-9-20(18)27-21/h2-4,6-9,11,13-15,22,27H,5,10,12,16H2,1H3,(H,26,30). The second-order valence-corrected chi connectivity index (χ2v) is 7.92. The van der Waals surface area contributed by atoms with E-state index in [-0.39, 0.29) is 11.9 Å². The van der Waals surface area contributed by atoms with Crippen molar-refractivity contribution >= 4 is 22.5 Å². The zero-order chi connectivity index (χ0) is 20.5. The summed E-state index contributed by atoms with van der Waals surface area (Å²) in [5, 5.41) is 4.31. The monoisotopic (exact) mass is 399 g/mol. The van der Waals surface area contributed by atoms with Crippen molar-refractivity contribution in [2.45, 2.75) is 25.4 Å². The summed E-state index contributed by atoms with van der Waals surface area (Å²) in [6.45, 7) is 1.61. The van der Waals surface area contributed by atoms with Gasteiger partial charge < -0.3 is 14.9 Å². The quantitative estimate of drug-likeness (QED) is 0.529. The van der Waals surface area contributed by atoms with Crippen molar-refractivity contribution in [1.29, 1.82) is 0 Å². The number of benzene rings is 2. The number of rotatable bonds is 5. The zero-order valence-electron chi connectivity index (χ0n) is 17.0. The highest BCUT2D eigenvalue weighted by molar-refractivity contribution is 5.96. The van der Waals surface area contributed by atoms with Crippen LogP contribution in [0, 0.1) is 0 Å². The zero-order valence-corrected chi connectivity index (χ0v) is 17.0. The summed E-state index contributed by atoms with van der Waals surface area (Å²) in [7, 11) is 1.99. The van der Waals surface area contributed by atoms with Crippen molar-refractivity contribution in [3.63, 3.8) is 0 Å². The van der Waals surface area contributed by atoms with Crippen LogP contribution in [0.3, 0.4) is 0 Å². The fourth-order valence-corrected chi connectivity index (χ4v) is 4.26. The first kappa shape index (κ1) is 18.6. The van der Waals surface area contributed by atoms with Crippen LogP contribution in [0.25, 0.3) is 22.2 Å². The molecular weight excluding hydrogens is 374 g/mol. The number of carbonyl (C=O) groups is 1. The normalized spacial score (nSPS) is 16.9. The first-order valence-electron chi connectivity index (χ1n) is 10.4. The highest BCUT2D eigenvalue weighted by Crippen LogP contribution is 2.27. The number of amides is 1. The Morgan fingerprint density at radius 2 is 2.10 bits per heavy atom. The topological polar surface area (TPSA) is 66.0 Å². The van der Waals surface area contributed by atoms with Gasteiger partial charge >= 0.3 is 0 Å². The molecule has 1 saturated heterocycles. The van der Waals surface area contributed by atoms with Crippen LogP contribution < -0.4 is 5.32 Å². The fraction of sp³-hybridized carbons (Fsp3) is 0.250. The third kappa shape index (κ3) is 3.62. The molecule has 1 amide bonds. The average molecular weight is 399 g/mol. The van der Waals surface area contributed by atoms with E-state index in [2.05, 4.69) is 44.5 Å². The minimum absolute atomic E-state index is 0.0514. The number of H-pyrrole nitrogens is 1. The van der Waals surface area contributed by atoms with Gasteiger partial charge in [-0.05, 0) is 43.7 Å². The van der Waals surface area contributed by atoms with Gasteiger partial charge in [-0.25, -0.2) is 4.98 Å². The number of anilines is 1. The molecule has 0 aliphatic carbocycles. The Hall–Kier alpha value is -3.38. The lowest BCUT2D eigenvalue weighted by atomic mass is 10.1. The molecule has 4 aromatic rings. The van der Waals surface area contributed by atoms with Crippen LogP contribution in [-0.4, -0.2) is 37.9 Å². The molecule has 0 radical (unpaired) electrons. The maximum absolute atomic E-state index is 13.0. The number of aromatic amines is 1. The maximum atomic E-state index is 13.0. The van der Waals surface area contributed by atoms with Crippen LogP contribution in [0.4, 0.5) is 5.69 Å². The van der Waals surface area contributed by atoms with Crippen molar-refractivity contribution in [3.05, 3.63) is 72.8 Å². The van der Waals surface area contributed by atoms with Crippen LogP contribution >= 0.6 is 0 Å². The predicted octanol–water partition coefficient (Wildman–Crippen LogP) is 4.17. The average Bonchev–Trinajstić information content (AvgIpc) is 3.48. The number of nitrogens with one attached hydrogen (secondary N) is 2. The second-order valence-electron chi connectivity index (χ2n) is 7.92. The summed E-state index contributed by atoms with van der Waals surface area (Å²) in [6.07, 6.45) is 5.64. The molecule has 1 atom stereocenters. The van der Waals surface area contributed by atoms with E-state index in [9.17, 15) is 4.79 Å². The molecule has 5 rings (SSSR count). The van der Waals surface area contributed by atoms with Gasteiger partial charge in [0.15, 0.2) is 0 Å². The Bertz CT molecular complexity index is 1160. The molecule has 1 aliphatic heterocycles. The SMILES string of the molecule is Cn1ccnc1CN1CCCC1C(=O)Nc1cccc(-c2cc3ccccc3[nH]2)c1. The number of nitrogens with zero attached hydrogens (tertiary/aromatic N) is 3. The van der Waals surface area contributed by atoms with Gasteiger partial charge in [0.25, 0.3) is 0 Å². The number of fused-ring (bicyclic) bond motifs is 1. The second kappa shape index (κ2) is 7.80. The molecule has 6 heteroatoms. The van der Waals surface area contributed by atoms with Gasteiger partial charge in [0, 0.05) is 47.3 Å². The number of hydrogen-bond acceptors (Lipinski definition) is 3. The molecule has 1 aliphatic rings. The summed E-state index contributed by atoms with van der Waals surface area (Å²) < 4.78 is 2.01. The van der Waals surface area contributed by atoms with Crippen LogP contribution in [-0.2, 0) is 18.4 Å². The highest BCUT2D eigenvalue weighted by Gasteiger charge is 2.31. The van der Waals surface area contributed by atoms with E-state index < -0.39 is 0 Å². The number of likely N-dealkylation sites (tertiary alicyclic amines) is 1. The molecule has 2 N–H and O–H groups in total. The summed E-state index contributed by atoms with van der Waals surface area (Å²) in [5.41, 5.74) is 4.03. The van der Waals surface area contributed by atoms with Gasteiger partial charge in [-0.3, -0.25) is 9.69 Å². The molecule has 3 heterocycles. The van der Waals surface area contributed by atoms with Gasteiger partial charge in [0.05, 0.1) is 12.6 Å². The van der Waals surface area contributed by atoms with E-state index in [1.807, 2.05) is 48.1 Å². The van der Waals surface area contributed by atoms with E-state index in [4.69, 9.17) is 0 Å². The smallest absolute Gasteiger partial charge is 0.241 e. The van der Waals surface area contributed by atoms with Crippen LogP contribution in [0.1, 0.15) is 18.7 Å². The highest BCUT2D eigenvalue weighted by atomic mass is 16.2. The first-order chi connectivity index (χ1) is 14.7. The summed E-state index contributed by atoms with van der Waals surface area (Å²) in [4.78, 5) is 23.1. The first-order valence-corrected chi connectivity index (χ1v) is 10.4. The summed E-state index contributed by atoms with van der Waals surface area (Å²) in [6, 6.07) is 18.3. The lowest BCUT2D eigenvalue weighted by Gasteiger charge is -2.23.